The third-order valence-corrected chi connectivity index (χ3v) is 5.44. The van der Waals surface area contributed by atoms with E-state index in [1.807, 2.05) is 20.9 Å². The van der Waals surface area contributed by atoms with Crippen LogP contribution in [0.1, 0.15) is 12.5 Å². The molecule has 0 radical (unpaired) electrons. The van der Waals surface area contributed by atoms with E-state index in [4.69, 9.17) is 5.73 Å². The number of nitrogen functional groups attached to an aromatic ring is 1. The lowest BCUT2D eigenvalue weighted by Gasteiger charge is -2.37. The summed E-state index contributed by atoms with van der Waals surface area (Å²) in [6, 6.07) is 4.96. The SMILES string of the molecule is Cc1cc(N)cc(S(=O)(=O)N2CCN(C)CC2C)c1. The first-order valence-corrected chi connectivity index (χ1v) is 7.82. The Balaban J connectivity index is 2.36. The smallest absolute Gasteiger partial charge is 0.243 e. The van der Waals surface area contributed by atoms with Crippen LogP contribution >= 0.6 is 0 Å². The fraction of sp³-hybridized carbons (Fsp3) is 0.538. The van der Waals surface area contributed by atoms with Crippen LogP contribution in [0.25, 0.3) is 0 Å². The minimum Gasteiger partial charge on any atom is -0.399 e. The van der Waals surface area contributed by atoms with Crippen LogP contribution in [0.15, 0.2) is 23.1 Å². The molecular formula is C13H21N3O2S. The molecule has 1 saturated heterocycles. The summed E-state index contributed by atoms with van der Waals surface area (Å²) in [6.07, 6.45) is 0. The maximum absolute atomic E-state index is 12.7. The molecule has 1 unspecified atom stereocenters. The number of hydrogen-bond donors (Lipinski definition) is 1. The summed E-state index contributed by atoms with van der Waals surface area (Å²) in [5, 5.41) is 0. The number of rotatable bonds is 2. The number of sulfonamides is 1. The molecule has 1 aliphatic heterocycles. The second kappa shape index (κ2) is 5.11. The quantitative estimate of drug-likeness (QED) is 0.819. The molecule has 19 heavy (non-hydrogen) atoms. The van der Waals surface area contributed by atoms with Gasteiger partial charge in [-0.1, -0.05) is 0 Å². The molecule has 1 aromatic carbocycles. The minimum absolute atomic E-state index is 0.0227. The van der Waals surface area contributed by atoms with Gasteiger partial charge >= 0.3 is 0 Å². The third kappa shape index (κ3) is 2.91. The molecule has 1 fully saturated rings. The van der Waals surface area contributed by atoms with Gasteiger partial charge in [-0.05, 0) is 44.7 Å². The van der Waals surface area contributed by atoms with Crippen LogP contribution in [-0.2, 0) is 10.0 Å². The van der Waals surface area contributed by atoms with Crippen LogP contribution in [0.3, 0.4) is 0 Å². The van der Waals surface area contributed by atoms with Gasteiger partial charge in [0, 0.05) is 31.4 Å². The number of benzene rings is 1. The van der Waals surface area contributed by atoms with Gasteiger partial charge in [-0.25, -0.2) is 8.42 Å². The van der Waals surface area contributed by atoms with Gasteiger partial charge in [-0.3, -0.25) is 0 Å². The molecule has 1 atom stereocenters. The molecule has 0 bridgehead atoms. The summed E-state index contributed by atoms with van der Waals surface area (Å²) < 4.78 is 26.9. The standard InChI is InChI=1S/C13H21N3O2S/c1-10-6-12(14)8-13(7-10)19(17,18)16-5-4-15(3)9-11(16)2/h6-8,11H,4-5,9,14H2,1-3H3. The molecule has 0 spiro atoms. The van der Waals surface area contributed by atoms with E-state index in [1.54, 1.807) is 16.4 Å². The molecule has 106 valence electrons. The number of anilines is 1. The average molecular weight is 283 g/mol. The fourth-order valence-electron chi connectivity index (χ4n) is 2.54. The number of nitrogens with zero attached hydrogens (tertiary/aromatic N) is 2. The fourth-order valence-corrected chi connectivity index (χ4v) is 4.29. The monoisotopic (exact) mass is 283 g/mol. The van der Waals surface area contributed by atoms with Crippen molar-refractivity contribution in [3.8, 4) is 0 Å². The maximum atomic E-state index is 12.7. The van der Waals surface area contributed by atoms with Crippen molar-refractivity contribution in [2.24, 2.45) is 0 Å². The molecule has 0 aliphatic carbocycles. The summed E-state index contributed by atoms with van der Waals surface area (Å²) >= 11 is 0. The highest BCUT2D eigenvalue weighted by Gasteiger charge is 2.32. The van der Waals surface area contributed by atoms with E-state index < -0.39 is 10.0 Å². The van der Waals surface area contributed by atoms with Crippen LogP contribution in [-0.4, -0.2) is 50.3 Å². The first-order chi connectivity index (χ1) is 8.80. The molecule has 1 heterocycles. The summed E-state index contributed by atoms with van der Waals surface area (Å²) in [4.78, 5) is 2.43. The zero-order valence-corrected chi connectivity index (χ0v) is 12.4. The molecule has 2 rings (SSSR count). The molecule has 2 N–H and O–H groups in total. The zero-order chi connectivity index (χ0) is 14.2. The third-order valence-electron chi connectivity index (χ3n) is 3.45. The summed E-state index contributed by atoms with van der Waals surface area (Å²) in [5.41, 5.74) is 7.10. The minimum atomic E-state index is -3.45. The predicted octanol–water partition coefficient (Wildman–Crippen LogP) is 0.902. The van der Waals surface area contributed by atoms with Crippen LogP contribution < -0.4 is 5.73 Å². The van der Waals surface area contributed by atoms with E-state index >= 15 is 0 Å². The zero-order valence-electron chi connectivity index (χ0n) is 11.6. The second-order valence-corrected chi connectivity index (χ2v) is 7.20. The summed E-state index contributed by atoms with van der Waals surface area (Å²) in [6.45, 7) is 5.81. The molecule has 0 aromatic heterocycles. The van der Waals surface area contributed by atoms with Crippen molar-refractivity contribution in [1.29, 1.82) is 0 Å². The topological polar surface area (TPSA) is 66.6 Å². The number of nitrogens with two attached hydrogens (primary N) is 1. The Bertz CT molecular complexity index is 551. The molecular weight excluding hydrogens is 262 g/mol. The number of piperazine rings is 1. The lowest BCUT2D eigenvalue weighted by molar-refractivity contribution is 0.170. The van der Waals surface area contributed by atoms with E-state index in [2.05, 4.69) is 4.90 Å². The van der Waals surface area contributed by atoms with E-state index in [0.717, 1.165) is 18.7 Å². The van der Waals surface area contributed by atoms with Crippen LogP contribution in [0.4, 0.5) is 5.69 Å². The lowest BCUT2D eigenvalue weighted by Crippen LogP contribution is -2.52. The highest BCUT2D eigenvalue weighted by molar-refractivity contribution is 7.89. The van der Waals surface area contributed by atoms with Crippen LogP contribution in [0, 0.1) is 6.92 Å². The Morgan fingerprint density at radius 3 is 2.53 bits per heavy atom. The second-order valence-electron chi connectivity index (χ2n) is 5.31. The number of likely N-dealkylation sites (N-methyl/N-ethyl adjacent to an activating group) is 1. The van der Waals surface area contributed by atoms with Gasteiger partial charge in [0.05, 0.1) is 4.90 Å². The van der Waals surface area contributed by atoms with Crippen molar-refractivity contribution in [1.82, 2.24) is 9.21 Å². The van der Waals surface area contributed by atoms with Crippen molar-refractivity contribution in [2.45, 2.75) is 24.8 Å². The predicted molar refractivity (Wildman–Crippen MR) is 76.4 cm³/mol. The maximum Gasteiger partial charge on any atom is 0.243 e. The Morgan fingerprint density at radius 1 is 1.26 bits per heavy atom. The van der Waals surface area contributed by atoms with Gasteiger partial charge in [-0.15, -0.1) is 0 Å². The average Bonchev–Trinajstić information content (AvgIpc) is 2.26. The number of hydrogen-bond acceptors (Lipinski definition) is 4. The van der Waals surface area contributed by atoms with Gasteiger partial charge in [0.1, 0.15) is 0 Å². The van der Waals surface area contributed by atoms with Crippen molar-refractivity contribution in [3.05, 3.63) is 23.8 Å². The van der Waals surface area contributed by atoms with Crippen molar-refractivity contribution in [3.63, 3.8) is 0 Å². The van der Waals surface area contributed by atoms with Crippen molar-refractivity contribution >= 4 is 15.7 Å². The normalized spacial score (nSPS) is 22.6. The highest BCUT2D eigenvalue weighted by Crippen LogP contribution is 2.23. The van der Waals surface area contributed by atoms with Crippen LogP contribution in [0.5, 0.6) is 0 Å². The van der Waals surface area contributed by atoms with Crippen LogP contribution in [0.2, 0.25) is 0 Å². The van der Waals surface area contributed by atoms with E-state index in [1.165, 1.54) is 6.07 Å². The van der Waals surface area contributed by atoms with E-state index in [9.17, 15) is 8.42 Å². The molecule has 1 aromatic rings. The summed E-state index contributed by atoms with van der Waals surface area (Å²) in [7, 11) is -1.45. The highest BCUT2D eigenvalue weighted by atomic mass is 32.2. The lowest BCUT2D eigenvalue weighted by atomic mass is 10.2. The molecule has 0 amide bonds. The van der Waals surface area contributed by atoms with Gasteiger partial charge in [0.15, 0.2) is 0 Å². The molecule has 0 saturated carbocycles. The van der Waals surface area contributed by atoms with Gasteiger partial charge in [0.2, 0.25) is 10.0 Å². The Labute approximate surface area is 115 Å². The molecule has 5 nitrogen and oxygen atoms in total. The van der Waals surface area contributed by atoms with E-state index in [0.29, 0.717) is 17.1 Å². The first-order valence-electron chi connectivity index (χ1n) is 6.38. The van der Waals surface area contributed by atoms with Gasteiger partial charge in [-0.2, -0.15) is 4.31 Å². The van der Waals surface area contributed by atoms with Gasteiger partial charge in [0.25, 0.3) is 0 Å². The van der Waals surface area contributed by atoms with E-state index in [-0.39, 0.29) is 6.04 Å². The molecule has 1 aliphatic rings. The van der Waals surface area contributed by atoms with Gasteiger partial charge < -0.3 is 10.6 Å². The largest absolute Gasteiger partial charge is 0.399 e. The number of aryl methyl sites for hydroxylation is 1. The Hall–Kier alpha value is -1.11. The van der Waals surface area contributed by atoms with Crippen molar-refractivity contribution in [2.75, 3.05) is 32.4 Å². The Morgan fingerprint density at radius 2 is 1.95 bits per heavy atom. The molecule has 6 heteroatoms. The van der Waals surface area contributed by atoms with Crippen molar-refractivity contribution < 1.29 is 8.42 Å². The first kappa shape index (κ1) is 14.3. The summed E-state index contributed by atoms with van der Waals surface area (Å²) in [5.74, 6) is 0. The Kier molecular flexibility index (Phi) is 3.85.